The first-order chi connectivity index (χ1) is 14.1. The molecule has 2 aromatic carbocycles. The number of nitrogens with zero attached hydrogens (tertiary/aromatic N) is 2. The molecule has 0 amide bonds. The van der Waals surface area contributed by atoms with Crippen LogP contribution in [0.1, 0.15) is 37.7 Å². The molecule has 7 nitrogen and oxygen atoms in total. The lowest BCUT2D eigenvalue weighted by Crippen LogP contribution is -2.11. The molecule has 0 aliphatic heterocycles. The standard InChI is InChI=1S/C21H24N4O3S/c26-16-11-10-15(12-14-6-2-1-3-7-14)19(13-16)24-20-21(25-29(27)28)23-18-9-5-4-8-17(18)22-20/h4-5,8-11,13-14,26,29H,1-3,6-7,12H2,(H,22,24)(H,23,25,27,28). The first kappa shape index (κ1) is 19.4. The number of aromatic hydroxyl groups is 1. The number of rotatable bonds is 6. The van der Waals surface area contributed by atoms with Crippen molar-refractivity contribution in [3.8, 4) is 5.75 Å². The molecule has 0 bridgehead atoms. The molecule has 0 radical (unpaired) electrons. The highest BCUT2D eigenvalue weighted by Crippen LogP contribution is 2.33. The first-order valence-corrected chi connectivity index (χ1v) is 11.0. The third-order valence-electron chi connectivity index (χ3n) is 5.35. The van der Waals surface area contributed by atoms with E-state index in [2.05, 4.69) is 20.0 Å². The molecule has 3 N–H and O–H groups in total. The van der Waals surface area contributed by atoms with E-state index < -0.39 is 10.9 Å². The SMILES string of the molecule is O=[SH](=O)Nc1nc2ccccc2nc1Nc1cc(O)ccc1CC1CCCCC1. The molecular formula is C21H24N4O3S. The molecule has 3 aromatic rings. The molecule has 152 valence electrons. The minimum Gasteiger partial charge on any atom is -0.508 e. The number of thiol groups is 1. The monoisotopic (exact) mass is 412 g/mol. The van der Waals surface area contributed by atoms with Gasteiger partial charge in [-0.1, -0.05) is 50.3 Å². The van der Waals surface area contributed by atoms with Gasteiger partial charge in [0.25, 0.3) is 0 Å². The summed E-state index contributed by atoms with van der Waals surface area (Å²) >= 11 is 0. The van der Waals surface area contributed by atoms with Gasteiger partial charge in [-0.15, -0.1) is 0 Å². The smallest absolute Gasteiger partial charge is 0.223 e. The summed E-state index contributed by atoms with van der Waals surface area (Å²) < 4.78 is 24.9. The van der Waals surface area contributed by atoms with E-state index in [-0.39, 0.29) is 11.6 Å². The second kappa shape index (κ2) is 8.65. The topological polar surface area (TPSA) is 104 Å². The second-order valence-corrected chi connectivity index (χ2v) is 8.19. The van der Waals surface area contributed by atoms with E-state index in [1.807, 2.05) is 24.3 Å². The van der Waals surface area contributed by atoms with Gasteiger partial charge >= 0.3 is 0 Å². The highest BCUT2D eigenvalue weighted by atomic mass is 32.2. The summed E-state index contributed by atoms with van der Waals surface area (Å²) in [4.78, 5) is 8.95. The van der Waals surface area contributed by atoms with Gasteiger partial charge in [0.1, 0.15) is 5.75 Å². The fourth-order valence-electron chi connectivity index (χ4n) is 3.94. The van der Waals surface area contributed by atoms with Crippen molar-refractivity contribution in [1.29, 1.82) is 0 Å². The van der Waals surface area contributed by atoms with E-state index in [4.69, 9.17) is 0 Å². The quantitative estimate of drug-likeness (QED) is 0.454. The van der Waals surface area contributed by atoms with E-state index >= 15 is 0 Å². The van der Waals surface area contributed by atoms with Crippen molar-refractivity contribution in [2.24, 2.45) is 5.92 Å². The molecular weight excluding hydrogens is 388 g/mol. The van der Waals surface area contributed by atoms with Crippen LogP contribution in [0.4, 0.5) is 17.3 Å². The lowest BCUT2D eigenvalue weighted by atomic mass is 9.84. The fourth-order valence-corrected chi connectivity index (χ4v) is 4.27. The van der Waals surface area contributed by atoms with E-state index in [1.54, 1.807) is 18.2 Å². The van der Waals surface area contributed by atoms with Crippen molar-refractivity contribution in [2.75, 3.05) is 10.0 Å². The number of phenols is 1. The normalized spacial score (nSPS) is 14.9. The largest absolute Gasteiger partial charge is 0.508 e. The van der Waals surface area contributed by atoms with Gasteiger partial charge in [0.2, 0.25) is 10.9 Å². The van der Waals surface area contributed by atoms with Crippen molar-refractivity contribution in [3.05, 3.63) is 48.0 Å². The molecule has 1 aliphatic carbocycles. The number of aromatic nitrogens is 2. The molecule has 0 unspecified atom stereocenters. The van der Waals surface area contributed by atoms with E-state index in [0.717, 1.165) is 12.0 Å². The third kappa shape index (κ3) is 4.76. The van der Waals surface area contributed by atoms with Gasteiger partial charge in [0, 0.05) is 11.8 Å². The summed E-state index contributed by atoms with van der Waals surface area (Å²) in [5, 5.41) is 13.2. The molecule has 1 saturated carbocycles. The Kier molecular flexibility index (Phi) is 5.80. The van der Waals surface area contributed by atoms with E-state index in [9.17, 15) is 13.5 Å². The van der Waals surface area contributed by atoms with Crippen molar-refractivity contribution in [1.82, 2.24) is 9.97 Å². The number of phenolic OH excluding ortho intramolecular Hbond substituents is 1. The summed E-state index contributed by atoms with van der Waals surface area (Å²) in [5.41, 5.74) is 3.03. The lowest BCUT2D eigenvalue weighted by Gasteiger charge is -2.23. The van der Waals surface area contributed by atoms with Gasteiger partial charge in [-0.25, -0.2) is 18.4 Å². The minimum absolute atomic E-state index is 0.131. The number of hydrogen-bond acceptors (Lipinski definition) is 6. The Morgan fingerprint density at radius 2 is 1.66 bits per heavy atom. The Bertz CT molecular complexity index is 1090. The first-order valence-electron chi connectivity index (χ1n) is 9.85. The van der Waals surface area contributed by atoms with Crippen LogP contribution < -0.4 is 10.0 Å². The van der Waals surface area contributed by atoms with E-state index in [1.165, 1.54) is 32.1 Å². The molecule has 0 spiro atoms. The molecule has 29 heavy (non-hydrogen) atoms. The van der Waals surface area contributed by atoms with Crippen LogP contribution in [0.3, 0.4) is 0 Å². The summed E-state index contributed by atoms with van der Waals surface area (Å²) in [6, 6.07) is 12.5. The molecule has 0 saturated heterocycles. The molecule has 1 aliphatic rings. The zero-order chi connectivity index (χ0) is 20.2. The minimum atomic E-state index is -2.89. The molecule has 0 atom stereocenters. The molecule has 1 heterocycles. The van der Waals surface area contributed by atoms with Crippen LogP contribution in [0.25, 0.3) is 11.0 Å². The van der Waals surface area contributed by atoms with Gasteiger partial charge in [-0.05, 0) is 36.1 Å². The highest BCUT2D eigenvalue weighted by molar-refractivity contribution is 7.73. The number of benzene rings is 2. The summed E-state index contributed by atoms with van der Waals surface area (Å²) in [6.45, 7) is 0. The molecule has 1 aromatic heterocycles. The third-order valence-corrected chi connectivity index (χ3v) is 5.74. The van der Waals surface area contributed by atoms with Gasteiger partial charge in [0.05, 0.1) is 11.0 Å². The Morgan fingerprint density at radius 1 is 0.966 bits per heavy atom. The summed E-state index contributed by atoms with van der Waals surface area (Å²) in [7, 11) is -2.89. The Morgan fingerprint density at radius 3 is 2.34 bits per heavy atom. The van der Waals surface area contributed by atoms with Crippen molar-refractivity contribution >= 4 is 39.2 Å². The van der Waals surface area contributed by atoms with Crippen LogP contribution >= 0.6 is 0 Å². The van der Waals surface area contributed by atoms with Gasteiger partial charge < -0.3 is 10.4 Å². The average molecular weight is 413 g/mol. The molecule has 4 rings (SSSR count). The molecule has 1 fully saturated rings. The predicted molar refractivity (Wildman–Crippen MR) is 115 cm³/mol. The second-order valence-electron chi connectivity index (χ2n) is 7.45. The van der Waals surface area contributed by atoms with Crippen LogP contribution in [0.5, 0.6) is 5.75 Å². The van der Waals surface area contributed by atoms with Gasteiger partial charge in [0.15, 0.2) is 11.6 Å². The van der Waals surface area contributed by atoms with Gasteiger partial charge in [-0.3, -0.25) is 4.72 Å². The van der Waals surface area contributed by atoms with Crippen LogP contribution in [0.2, 0.25) is 0 Å². The number of fused-ring (bicyclic) bond motifs is 1. The number of nitrogens with one attached hydrogen (secondary N) is 2. The van der Waals surface area contributed by atoms with Crippen LogP contribution in [-0.4, -0.2) is 23.5 Å². The number of anilines is 3. The van der Waals surface area contributed by atoms with Crippen LogP contribution in [-0.2, 0) is 17.3 Å². The lowest BCUT2D eigenvalue weighted by molar-refractivity contribution is 0.357. The van der Waals surface area contributed by atoms with E-state index in [0.29, 0.717) is 28.5 Å². The molecule has 8 heteroatoms. The van der Waals surface area contributed by atoms with Crippen LogP contribution in [0, 0.1) is 5.92 Å². The maximum Gasteiger partial charge on any atom is 0.223 e. The maximum absolute atomic E-state index is 11.3. The zero-order valence-electron chi connectivity index (χ0n) is 16.0. The predicted octanol–water partition coefficient (Wildman–Crippen LogP) is 4.14. The van der Waals surface area contributed by atoms with Crippen molar-refractivity contribution < 1.29 is 13.5 Å². The summed E-state index contributed by atoms with van der Waals surface area (Å²) in [5.74, 6) is 1.19. The highest BCUT2D eigenvalue weighted by Gasteiger charge is 2.17. The number of hydrogen-bond donors (Lipinski definition) is 4. The Labute approximate surface area is 171 Å². The van der Waals surface area contributed by atoms with Gasteiger partial charge in [-0.2, -0.15) is 0 Å². The summed E-state index contributed by atoms with van der Waals surface area (Å²) in [6.07, 6.45) is 7.13. The van der Waals surface area contributed by atoms with Crippen molar-refractivity contribution in [2.45, 2.75) is 38.5 Å². The Hall–Kier alpha value is -2.87. The van der Waals surface area contributed by atoms with Crippen molar-refractivity contribution in [3.63, 3.8) is 0 Å². The Balaban J connectivity index is 1.70. The maximum atomic E-state index is 11.3. The zero-order valence-corrected chi connectivity index (χ0v) is 16.9. The number of para-hydroxylation sites is 2. The van der Waals surface area contributed by atoms with Crippen LogP contribution in [0.15, 0.2) is 42.5 Å². The fraction of sp³-hybridized carbons (Fsp3) is 0.333. The average Bonchev–Trinajstić information content (AvgIpc) is 2.71.